The van der Waals surface area contributed by atoms with Crippen LogP contribution in [0.1, 0.15) is 27.3 Å². The average Bonchev–Trinajstić information content (AvgIpc) is 2.57. The normalized spacial score (nSPS) is 10.6. The summed E-state index contributed by atoms with van der Waals surface area (Å²) >= 11 is 6.15. The lowest BCUT2D eigenvalue weighted by atomic mass is 10.2. The summed E-state index contributed by atoms with van der Waals surface area (Å²) in [5.41, 5.74) is 1.87. The molecule has 1 amide bonds. The van der Waals surface area contributed by atoms with Gasteiger partial charge in [-0.05, 0) is 43.7 Å². The van der Waals surface area contributed by atoms with Gasteiger partial charge in [0.25, 0.3) is 11.5 Å². The van der Waals surface area contributed by atoms with E-state index < -0.39 is 11.5 Å². The van der Waals surface area contributed by atoms with Crippen LogP contribution in [0.5, 0.6) is 0 Å². The molecule has 132 valence electrons. The van der Waals surface area contributed by atoms with Crippen LogP contribution in [-0.2, 0) is 6.54 Å². The highest BCUT2D eigenvalue weighted by Crippen LogP contribution is 2.15. The molecule has 0 saturated carbocycles. The maximum atomic E-state index is 12.7. The highest BCUT2D eigenvalue weighted by molar-refractivity contribution is 6.31. The van der Waals surface area contributed by atoms with Crippen LogP contribution < -0.4 is 10.9 Å². The van der Waals surface area contributed by atoms with Crippen molar-refractivity contribution >= 4 is 23.5 Å². The largest absolute Gasteiger partial charge is 0.310 e. The summed E-state index contributed by atoms with van der Waals surface area (Å²) in [5.74, 6) is -0.373. The van der Waals surface area contributed by atoms with Gasteiger partial charge >= 0.3 is 0 Å². The Morgan fingerprint density at radius 2 is 1.81 bits per heavy atom. The average molecular weight is 369 g/mol. The summed E-state index contributed by atoms with van der Waals surface area (Å²) < 4.78 is 1.44. The number of amides is 1. The van der Waals surface area contributed by atoms with E-state index in [0.29, 0.717) is 5.02 Å². The van der Waals surface area contributed by atoms with Crippen molar-refractivity contribution in [3.63, 3.8) is 0 Å². The van der Waals surface area contributed by atoms with Crippen LogP contribution in [0.2, 0.25) is 5.02 Å². The first-order chi connectivity index (χ1) is 12.4. The van der Waals surface area contributed by atoms with Gasteiger partial charge < -0.3 is 4.57 Å². The maximum Gasteiger partial charge on any atom is 0.263 e. The zero-order valence-corrected chi connectivity index (χ0v) is 15.1. The number of benzene rings is 1. The zero-order valence-electron chi connectivity index (χ0n) is 14.4. The van der Waals surface area contributed by atoms with Crippen molar-refractivity contribution in [2.45, 2.75) is 20.4 Å². The SMILES string of the molecule is Cc1cc(C)nc(NC(=O)c2cccn(Cc3ccccc3Cl)c2=O)n1. The van der Waals surface area contributed by atoms with Crippen LogP contribution in [0.25, 0.3) is 0 Å². The minimum absolute atomic E-state index is 0.0160. The Morgan fingerprint density at radius 3 is 2.50 bits per heavy atom. The third-order valence-corrected chi connectivity index (χ3v) is 4.14. The van der Waals surface area contributed by atoms with Gasteiger partial charge in [0.1, 0.15) is 5.56 Å². The predicted molar refractivity (Wildman–Crippen MR) is 101 cm³/mol. The zero-order chi connectivity index (χ0) is 18.7. The molecule has 0 saturated heterocycles. The van der Waals surface area contributed by atoms with E-state index in [-0.39, 0.29) is 18.1 Å². The molecule has 26 heavy (non-hydrogen) atoms. The van der Waals surface area contributed by atoms with Crippen LogP contribution in [-0.4, -0.2) is 20.4 Å². The second kappa shape index (κ2) is 7.49. The van der Waals surface area contributed by atoms with Gasteiger partial charge in [-0.2, -0.15) is 0 Å². The molecule has 0 atom stereocenters. The van der Waals surface area contributed by atoms with Gasteiger partial charge in [0.05, 0.1) is 6.54 Å². The van der Waals surface area contributed by atoms with E-state index in [1.54, 1.807) is 24.4 Å². The number of rotatable bonds is 4. The number of hydrogen-bond acceptors (Lipinski definition) is 4. The Morgan fingerprint density at radius 1 is 1.12 bits per heavy atom. The number of anilines is 1. The van der Waals surface area contributed by atoms with Crippen molar-refractivity contribution in [2.24, 2.45) is 0 Å². The molecule has 0 bridgehead atoms. The summed E-state index contributed by atoms with van der Waals surface area (Å²) in [6, 6.07) is 12.2. The van der Waals surface area contributed by atoms with Crippen molar-refractivity contribution in [2.75, 3.05) is 5.32 Å². The Labute approximate surface area is 155 Å². The Balaban J connectivity index is 1.88. The molecule has 0 aliphatic carbocycles. The predicted octanol–water partition coefficient (Wildman–Crippen LogP) is 3.21. The molecular formula is C19H17ClN4O2. The van der Waals surface area contributed by atoms with Gasteiger partial charge in [-0.25, -0.2) is 9.97 Å². The molecule has 0 aliphatic heterocycles. The number of halogens is 1. The molecular weight excluding hydrogens is 352 g/mol. The smallest absolute Gasteiger partial charge is 0.263 e. The quantitative estimate of drug-likeness (QED) is 0.767. The molecule has 0 aliphatic rings. The minimum atomic E-state index is -0.548. The fraction of sp³-hybridized carbons (Fsp3) is 0.158. The highest BCUT2D eigenvalue weighted by atomic mass is 35.5. The van der Waals surface area contributed by atoms with Crippen molar-refractivity contribution in [1.29, 1.82) is 0 Å². The van der Waals surface area contributed by atoms with E-state index in [1.807, 2.05) is 32.0 Å². The van der Waals surface area contributed by atoms with Crippen molar-refractivity contribution in [3.8, 4) is 0 Å². The van der Waals surface area contributed by atoms with Crippen LogP contribution >= 0.6 is 11.6 Å². The first-order valence-electron chi connectivity index (χ1n) is 8.00. The van der Waals surface area contributed by atoms with E-state index in [4.69, 9.17) is 11.6 Å². The lowest BCUT2D eigenvalue weighted by Gasteiger charge is -2.10. The first-order valence-corrected chi connectivity index (χ1v) is 8.38. The number of carbonyl (C=O) groups is 1. The fourth-order valence-electron chi connectivity index (χ4n) is 2.60. The van der Waals surface area contributed by atoms with E-state index in [0.717, 1.165) is 17.0 Å². The number of nitrogens with zero attached hydrogens (tertiary/aromatic N) is 3. The van der Waals surface area contributed by atoms with Crippen LogP contribution in [0, 0.1) is 13.8 Å². The molecule has 6 nitrogen and oxygen atoms in total. The van der Waals surface area contributed by atoms with E-state index in [9.17, 15) is 9.59 Å². The van der Waals surface area contributed by atoms with Crippen LogP contribution in [0.3, 0.4) is 0 Å². The standard InChI is InChI=1S/C19H17ClN4O2/c1-12-10-13(2)22-19(21-12)23-17(25)15-7-5-9-24(18(15)26)11-14-6-3-4-8-16(14)20/h3-10H,11H2,1-2H3,(H,21,22,23,25). The number of aromatic nitrogens is 3. The number of hydrogen-bond donors (Lipinski definition) is 1. The summed E-state index contributed by atoms with van der Waals surface area (Å²) in [4.78, 5) is 33.5. The molecule has 1 N–H and O–H groups in total. The third kappa shape index (κ3) is 3.97. The molecule has 3 aromatic rings. The van der Waals surface area contributed by atoms with Gasteiger partial charge in [0, 0.05) is 22.6 Å². The van der Waals surface area contributed by atoms with E-state index in [1.165, 1.54) is 10.6 Å². The number of aryl methyl sites for hydroxylation is 2. The lowest BCUT2D eigenvalue weighted by molar-refractivity contribution is 0.102. The number of carbonyl (C=O) groups excluding carboxylic acids is 1. The topological polar surface area (TPSA) is 76.9 Å². The summed E-state index contributed by atoms with van der Waals surface area (Å²) in [6.45, 7) is 3.90. The van der Waals surface area contributed by atoms with Crippen molar-refractivity contribution in [1.82, 2.24) is 14.5 Å². The Bertz CT molecular complexity index is 1010. The summed E-state index contributed by atoms with van der Waals surface area (Å²) in [6.07, 6.45) is 1.62. The van der Waals surface area contributed by atoms with Crippen LogP contribution in [0.15, 0.2) is 53.5 Å². The lowest BCUT2D eigenvalue weighted by Crippen LogP contribution is -2.29. The first kappa shape index (κ1) is 17.8. The second-order valence-electron chi connectivity index (χ2n) is 5.87. The van der Waals surface area contributed by atoms with Crippen LogP contribution in [0.4, 0.5) is 5.95 Å². The van der Waals surface area contributed by atoms with Crippen molar-refractivity contribution < 1.29 is 4.79 Å². The van der Waals surface area contributed by atoms with Gasteiger partial charge in [0.15, 0.2) is 0 Å². The maximum absolute atomic E-state index is 12.7. The summed E-state index contributed by atoms with van der Waals surface area (Å²) in [5, 5.41) is 3.15. The Hall–Kier alpha value is -2.99. The molecule has 1 aromatic carbocycles. The van der Waals surface area contributed by atoms with Gasteiger partial charge in [-0.15, -0.1) is 0 Å². The van der Waals surface area contributed by atoms with Gasteiger partial charge in [-0.1, -0.05) is 29.8 Å². The monoisotopic (exact) mass is 368 g/mol. The van der Waals surface area contributed by atoms with E-state index >= 15 is 0 Å². The molecule has 0 fully saturated rings. The molecule has 0 radical (unpaired) electrons. The summed E-state index contributed by atoms with van der Waals surface area (Å²) in [7, 11) is 0. The van der Waals surface area contributed by atoms with E-state index in [2.05, 4.69) is 15.3 Å². The molecule has 2 heterocycles. The fourth-order valence-corrected chi connectivity index (χ4v) is 2.79. The van der Waals surface area contributed by atoms with Gasteiger partial charge in [-0.3, -0.25) is 14.9 Å². The molecule has 0 unspecified atom stereocenters. The highest BCUT2D eigenvalue weighted by Gasteiger charge is 2.14. The second-order valence-corrected chi connectivity index (χ2v) is 6.28. The minimum Gasteiger partial charge on any atom is -0.310 e. The molecule has 2 aromatic heterocycles. The number of nitrogens with one attached hydrogen (secondary N) is 1. The molecule has 0 spiro atoms. The van der Waals surface area contributed by atoms with Crippen molar-refractivity contribution in [3.05, 3.63) is 86.6 Å². The third-order valence-electron chi connectivity index (χ3n) is 3.77. The number of pyridine rings is 1. The Kier molecular flexibility index (Phi) is 5.14. The van der Waals surface area contributed by atoms with Gasteiger partial charge in [0.2, 0.25) is 5.95 Å². The molecule has 7 heteroatoms. The molecule has 3 rings (SSSR count).